The van der Waals surface area contributed by atoms with E-state index in [4.69, 9.17) is 4.74 Å². The molecule has 5 nitrogen and oxygen atoms in total. The Labute approximate surface area is 187 Å². The lowest BCUT2D eigenvalue weighted by Gasteiger charge is -2.34. The fourth-order valence-corrected chi connectivity index (χ4v) is 6.03. The molecule has 32 heavy (non-hydrogen) atoms. The third-order valence-corrected chi connectivity index (χ3v) is 7.34. The lowest BCUT2D eigenvalue weighted by molar-refractivity contribution is -0.124. The molecule has 0 bridgehead atoms. The normalized spacial score (nSPS) is 28.2. The van der Waals surface area contributed by atoms with Gasteiger partial charge in [0.15, 0.2) is 0 Å². The Bertz CT molecular complexity index is 1240. The van der Waals surface area contributed by atoms with Crippen molar-refractivity contribution in [3.8, 4) is 5.75 Å². The molecular formula is C27H24N2O3. The molecule has 3 aliphatic rings. The smallest absolute Gasteiger partial charge is 0.332 e. The van der Waals surface area contributed by atoms with Gasteiger partial charge in [-0.15, -0.1) is 0 Å². The van der Waals surface area contributed by atoms with Crippen LogP contribution in [-0.2, 0) is 4.79 Å². The molecule has 160 valence electrons. The molecule has 3 heterocycles. The number of benzene rings is 3. The summed E-state index contributed by atoms with van der Waals surface area (Å²) >= 11 is 0. The molecule has 0 N–H and O–H groups in total. The van der Waals surface area contributed by atoms with Crippen molar-refractivity contribution in [2.45, 2.75) is 31.3 Å². The predicted molar refractivity (Wildman–Crippen MR) is 122 cm³/mol. The van der Waals surface area contributed by atoms with Gasteiger partial charge < -0.3 is 9.64 Å². The summed E-state index contributed by atoms with van der Waals surface area (Å²) in [6.45, 7) is 4.37. The molecule has 0 spiro atoms. The third kappa shape index (κ3) is 2.39. The van der Waals surface area contributed by atoms with Crippen molar-refractivity contribution in [1.82, 2.24) is 4.90 Å². The van der Waals surface area contributed by atoms with E-state index in [1.165, 1.54) is 4.90 Å². The fraction of sp³-hybridized carbons (Fsp3) is 0.259. The van der Waals surface area contributed by atoms with E-state index in [1.807, 2.05) is 85.5 Å². The molecule has 0 aliphatic carbocycles. The van der Waals surface area contributed by atoms with Crippen LogP contribution in [0.4, 0.5) is 10.5 Å². The van der Waals surface area contributed by atoms with Gasteiger partial charge in [0.25, 0.3) is 5.91 Å². The molecule has 0 saturated carbocycles. The lowest BCUT2D eigenvalue weighted by atomic mass is 9.73. The third-order valence-electron chi connectivity index (χ3n) is 7.34. The Morgan fingerprint density at radius 2 is 1.69 bits per heavy atom. The first-order valence-corrected chi connectivity index (χ1v) is 11.0. The number of para-hydroxylation sites is 1. The van der Waals surface area contributed by atoms with Gasteiger partial charge in [0.2, 0.25) is 0 Å². The van der Waals surface area contributed by atoms with Gasteiger partial charge in [-0.05, 0) is 43.2 Å². The summed E-state index contributed by atoms with van der Waals surface area (Å²) in [5, 5.41) is 0. The summed E-state index contributed by atoms with van der Waals surface area (Å²) < 4.78 is 6.13. The Balaban J connectivity index is 1.57. The minimum Gasteiger partial charge on any atom is -0.493 e. The number of fused-ring (bicyclic) bond motifs is 5. The number of carbonyl (C=O) groups is 2. The second-order valence-electron chi connectivity index (χ2n) is 9.13. The van der Waals surface area contributed by atoms with Crippen LogP contribution in [0, 0.1) is 12.8 Å². The zero-order valence-electron chi connectivity index (χ0n) is 18.1. The summed E-state index contributed by atoms with van der Waals surface area (Å²) in [7, 11) is 0. The summed E-state index contributed by atoms with van der Waals surface area (Å²) in [5.41, 5.74) is 2.66. The molecule has 4 atom stereocenters. The maximum atomic E-state index is 14.1. The zero-order valence-corrected chi connectivity index (χ0v) is 18.1. The van der Waals surface area contributed by atoms with E-state index < -0.39 is 5.54 Å². The number of anilines is 1. The maximum absolute atomic E-state index is 14.1. The molecular weight excluding hydrogens is 400 g/mol. The number of hydrogen-bond acceptors (Lipinski definition) is 3. The van der Waals surface area contributed by atoms with Gasteiger partial charge >= 0.3 is 6.03 Å². The first-order chi connectivity index (χ1) is 15.5. The van der Waals surface area contributed by atoms with Crippen LogP contribution in [0.25, 0.3) is 0 Å². The van der Waals surface area contributed by atoms with Crippen molar-refractivity contribution >= 4 is 17.6 Å². The van der Waals surface area contributed by atoms with E-state index in [-0.39, 0.29) is 29.8 Å². The number of imide groups is 1. The molecule has 2 saturated heterocycles. The van der Waals surface area contributed by atoms with E-state index in [0.29, 0.717) is 12.3 Å². The first kappa shape index (κ1) is 19.1. The van der Waals surface area contributed by atoms with E-state index >= 15 is 0 Å². The molecule has 0 unspecified atom stereocenters. The van der Waals surface area contributed by atoms with Crippen LogP contribution in [0.5, 0.6) is 5.75 Å². The van der Waals surface area contributed by atoms with Crippen LogP contribution >= 0.6 is 0 Å². The molecule has 3 aromatic rings. The highest BCUT2D eigenvalue weighted by Gasteiger charge is 2.70. The number of nitrogens with zero attached hydrogens (tertiary/aromatic N) is 2. The van der Waals surface area contributed by atoms with Gasteiger partial charge in [-0.2, -0.15) is 0 Å². The standard InChI is InChI=1S/C27H24N2O3/c1-17-9-8-12-19(15-17)28-25(30)27(2)23(18-10-4-3-5-11-18)21-16-32-22-14-7-6-13-20(22)24(21)29(27)26(28)31/h3-15,21,23-24H,16H2,1-2H3/t21-,23-,24-,27-/m1/s1. The summed E-state index contributed by atoms with van der Waals surface area (Å²) in [6, 6.07) is 25.1. The van der Waals surface area contributed by atoms with Crippen molar-refractivity contribution in [2.75, 3.05) is 11.5 Å². The quantitative estimate of drug-likeness (QED) is 0.540. The highest BCUT2D eigenvalue weighted by Crippen LogP contribution is 2.61. The minimum atomic E-state index is -1.00. The SMILES string of the molecule is Cc1cccc(N2C(=O)N3[C@@H]4c5ccccc5OC[C@@H]4[C@@H](c4ccccc4)[C@]3(C)C2=O)c1. The predicted octanol–water partition coefficient (Wildman–Crippen LogP) is 5.07. The molecule has 3 aromatic carbocycles. The fourth-order valence-electron chi connectivity index (χ4n) is 6.03. The van der Waals surface area contributed by atoms with Crippen molar-refractivity contribution < 1.29 is 14.3 Å². The van der Waals surface area contributed by atoms with E-state index in [1.54, 1.807) is 0 Å². The largest absolute Gasteiger partial charge is 0.493 e. The number of aryl methyl sites for hydroxylation is 1. The Morgan fingerprint density at radius 3 is 2.47 bits per heavy atom. The van der Waals surface area contributed by atoms with Crippen molar-refractivity contribution in [3.05, 3.63) is 95.6 Å². The monoisotopic (exact) mass is 424 g/mol. The molecule has 3 amide bonds. The van der Waals surface area contributed by atoms with Crippen LogP contribution in [0.3, 0.4) is 0 Å². The number of ether oxygens (including phenoxy) is 1. The highest BCUT2D eigenvalue weighted by molar-refractivity contribution is 6.24. The summed E-state index contributed by atoms with van der Waals surface area (Å²) in [5.74, 6) is 0.436. The number of rotatable bonds is 2. The molecule has 2 fully saturated rings. The second-order valence-corrected chi connectivity index (χ2v) is 9.13. The van der Waals surface area contributed by atoms with E-state index in [9.17, 15) is 9.59 Å². The van der Waals surface area contributed by atoms with Crippen molar-refractivity contribution in [3.63, 3.8) is 0 Å². The van der Waals surface area contributed by atoms with Gasteiger partial charge in [0.1, 0.15) is 11.3 Å². The Kier molecular flexibility index (Phi) is 4.00. The maximum Gasteiger partial charge on any atom is 0.332 e. The zero-order chi connectivity index (χ0) is 22.0. The van der Waals surface area contributed by atoms with Crippen molar-refractivity contribution in [2.24, 2.45) is 5.92 Å². The van der Waals surface area contributed by atoms with Crippen molar-refractivity contribution in [1.29, 1.82) is 0 Å². The molecule has 6 rings (SSSR count). The van der Waals surface area contributed by atoms with Crippen LogP contribution < -0.4 is 9.64 Å². The highest BCUT2D eigenvalue weighted by atomic mass is 16.5. The second kappa shape index (κ2) is 6.70. The van der Waals surface area contributed by atoms with Gasteiger partial charge in [-0.1, -0.05) is 60.7 Å². The minimum absolute atomic E-state index is 0.00939. The number of amides is 3. The molecule has 5 heteroatoms. The molecule has 0 aromatic heterocycles. The van der Waals surface area contributed by atoms with Crippen LogP contribution in [0.1, 0.15) is 35.6 Å². The molecule has 0 radical (unpaired) electrons. The Morgan fingerprint density at radius 1 is 0.938 bits per heavy atom. The first-order valence-electron chi connectivity index (χ1n) is 11.0. The number of urea groups is 1. The van der Waals surface area contributed by atoms with E-state index in [2.05, 4.69) is 12.1 Å². The van der Waals surface area contributed by atoms with Gasteiger partial charge in [0.05, 0.1) is 18.3 Å². The van der Waals surface area contributed by atoms with Gasteiger partial charge in [-0.3, -0.25) is 4.79 Å². The number of carbonyl (C=O) groups excluding carboxylic acids is 2. The summed E-state index contributed by atoms with van der Waals surface area (Å²) in [4.78, 5) is 31.2. The van der Waals surface area contributed by atoms with Gasteiger partial charge in [0, 0.05) is 17.4 Å². The average molecular weight is 425 g/mol. The van der Waals surface area contributed by atoms with Gasteiger partial charge in [-0.25, -0.2) is 9.69 Å². The lowest BCUT2D eigenvalue weighted by Crippen LogP contribution is -2.46. The van der Waals surface area contributed by atoms with Crippen LogP contribution in [-0.4, -0.2) is 29.0 Å². The van der Waals surface area contributed by atoms with E-state index in [0.717, 1.165) is 22.4 Å². The topological polar surface area (TPSA) is 49.9 Å². The molecule has 3 aliphatic heterocycles. The average Bonchev–Trinajstić information content (AvgIpc) is 3.19. The summed E-state index contributed by atoms with van der Waals surface area (Å²) in [6.07, 6.45) is 0. The Hall–Kier alpha value is -3.60. The number of hydrogen-bond donors (Lipinski definition) is 0. The van der Waals surface area contributed by atoms with Crippen LogP contribution in [0.2, 0.25) is 0 Å². The van der Waals surface area contributed by atoms with Crippen LogP contribution in [0.15, 0.2) is 78.9 Å².